The van der Waals surface area contributed by atoms with Crippen molar-refractivity contribution in [3.63, 3.8) is 0 Å². The maximum absolute atomic E-state index is 5.60. The number of anilines is 1. The summed E-state index contributed by atoms with van der Waals surface area (Å²) >= 11 is 1.65. The van der Waals surface area contributed by atoms with Crippen molar-refractivity contribution < 1.29 is 4.74 Å². The van der Waals surface area contributed by atoms with Crippen LogP contribution in [0.4, 0.5) is 5.95 Å². The fourth-order valence-electron chi connectivity index (χ4n) is 1.93. The van der Waals surface area contributed by atoms with E-state index in [0.29, 0.717) is 17.7 Å². The SMILES string of the molecule is NNc1nc(SCC2CCCO2)c2cn[nH]c2n1. The zero-order valence-electron chi connectivity index (χ0n) is 9.72. The third-order valence-corrected chi connectivity index (χ3v) is 3.96. The summed E-state index contributed by atoms with van der Waals surface area (Å²) in [7, 11) is 0. The highest BCUT2D eigenvalue weighted by atomic mass is 32.2. The van der Waals surface area contributed by atoms with Gasteiger partial charge in [0.1, 0.15) is 5.03 Å². The highest BCUT2D eigenvalue weighted by Crippen LogP contribution is 2.28. The lowest BCUT2D eigenvalue weighted by Crippen LogP contribution is -2.12. The van der Waals surface area contributed by atoms with Gasteiger partial charge in [0, 0.05) is 12.4 Å². The smallest absolute Gasteiger partial charge is 0.240 e. The number of hydrogen-bond acceptors (Lipinski definition) is 7. The molecule has 0 saturated carbocycles. The Balaban J connectivity index is 1.82. The Kier molecular flexibility index (Phi) is 3.31. The van der Waals surface area contributed by atoms with Gasteiger partial charge in [-0.2, -0.15) is 10.1 Å². The van der Waals surface area contributed by atoms with E-state index < -0.39 is 0 Å². The Morgan fingerprint density at radius 3 is 3.28 bits per heavy atom. The second-order valence-corrected chi connectivity index (χ2v) is 5.08. The topological polar surface area (TPSA) is 102 Å². The van der Waals surface area contributed by atoms with Crippen molar-refractivity contribution in [2.75, 3.05) is 17.8 Å². The summed E-state index contributed by atoms with van der Waals surface area (Å²) in [5, 5.41) is 8.58. The molecule has 2 aromatic rings. The molecule has 1 aliphatic heterocycles. The summed E-state index contributed by atoms with van der Waals surface area (Å²) in [6.07, 6.45) is 4.31. The minimum absolute atomic E-state index is 0.321. The first-order valence-electron chi connectivity index (χ1n) is 5.79. The first kappa shape index (κ1) is 11.7. The second kappa shape index (κ2) is 5.09. The number of aromatic nitrogens is 4. The lowest BCUT2D eigenvalue weighted by Gasteiger charge is -2.09. The highest BCUT2D eigenvalue weighted by molar-refractivity contribution is 7.99. The van der Waals surface area contributed by atoms with Crippen LogP contribution in [0.2, 0.25) is 0 Å². The number of nitrogens with one attached hydrogen (secondary N) is 2. The summed E-state index contributed by atoms with van der Waals surface area (Å²) in [6.45, 7) is 0.867. The summed E-state index contributed by atoms with van der Waals surface area (Å²) in [4.78, 5) is 8.54. The molecule has 7 nitrogen and oxygen atoms in total. The number of fused-ring (bicyclic) bond motifs is 1. The first-order chi connectivity index (χ1) is 8.86. The fourth-order valence-corrected chi connectivity index (χ4v) is 2.99. The molecule has 0 aliphatic carbocycles. The maximum Gasteiger partial charge on any atom is 0.240 e. The number of ether oxygens (including phenoxy) is 1. The third kappa shape index (κ3) is 2.26. The van der Waals surface area contributed by atoms with Crippen molar-refractivity contribution in [3.05, 3.63) is 6.20 Å². The van der Waals surface area contributed by atoms with Crippen molar-refractivity contribution in [1.82, 2.24) is 20.2 Å². The van der Waals surface area contributed by atoms with E-state index in [9.17, 15) is 0 Å². The molecule has 1 fully saturated rings. The van der Waals surface area contributed by atoms with Crippen LogP contribution in [0.25, 0.3) is 11.0 Å². The monoisotopic (exact) mass is 266 g/mol. The van der Waals surface area contributed by atoms with Crippen molar-refractivity contribution in [2.24, 2.45) is 5.84 Å². The van der Waals surface area contributed by atoms with Gasteiger partial charge in [-0.3, -0.25) is 10.5 Å². The number of nitrogens with zero attached hydrogens (tertiary/aromatic N) is 3. The van der Waals surface area contributed by atoms with Gasteiger partial charge < -0.3 is 4.74 Å². The predicted octanol–water partition coefficient (Wildman–Crippen LogP) is 0.910. The van der Waals surface area contributed by atoms with E-state index in [1.165, 1.54) is 0 Å². The maximum atomic E-state index is 5.60. The van der Waals surface area contributed by atoms with E-state index in [4.69, 9.17) is 10.6 Å². The van der Waals surface area contributed by atoms with E-state index in [2.05, 4.69) is 25.6 Å². The molecule has 18 heavy (non-hydrogen) atoms. The molecule has 1 saturated heterocycles. The molecule has 96 valence electrons. The van der Waals surface area contributed by atoms with Gasteiger partial charge in [0.2, 0.25) is 5.95 Å². The lowest BCUT2D eigenvalue weighted by atomic mass is 10.3. The van der Waals surface area contributed by atoms with Gasteiger partial charge in [0.05, 0.1) is 17.7 Å². The van der Waals surface area contributed by atoms with Crippen LogP contribution in [0.15, 0.2) is 11.2 Å². The summed E-state index contributed by atoms with van der Waals surface area (Å²) in [6, 6.07) is 0. The van der Waals surface area contributed by atoms with Crippen LogP contribution in [-0.2, 0) is 4.74 Å². The van der Waals surface area contributed by atoms with Crippen LogP contribution in [0.5, 0.6) is 0 Å². The molecular weight excluding hydrogens is 252 g/mol. The Hall–Kier alpha value is -1.38. The quantitative estimate of drug-likeness (QED) is 0.327. The molecule has 0 aromatic carbocycles. The Morgan fingerprint density at radius 1 is 1.56 bits per heavy atom. The summed E-state index contributed by atoms with van der Waals surface area (Å²) in [5.41, 5.74) is 3.15. The van der Waals surface area contributed by atoms with E-state index >= 15 is 0 Å². The van der Waals surface area contributed by atoms with Crippen LogP contribution >= 0.6 is 11.8 Å². The molecule has 3 heterocycles. The number of aromatic amines is 1. The van der Waals surface area contributed by atoms with Gasteiger partial charge >= 0.3 is 0 Å². The average Bonchev–Trinajstić information content (AvgIpc) is 3.06. The molecule has 0 radical (unpaired) electrons. The number of H-pyrrole nitrogens is 1. The molecular formula is C10H14N6OS. The van der Waals surface area contributed by atoms with Crippen LogP contribution in [0.3, 0.4) is 0 Å². The van der Waals surface area contributed by atoms with E-state index in [1.807, 2.05) is 0 Å². The summed E-state index contributed by atoms with van der Waals surface area (Å²) < 4.78 is 5.60. The molecule has 1 atom stereocenters. The van der Waals surface area contributed by atoms with Crippen LogP contribution in [0.1, 0.15) is 12.8 Å². The van der Waals surface area contributed by atoms with Gasteiger partial charge in [-0.05, 0) is 12.8 Å². The number of hydrogen-bond donors (Lipinski definition) is 3. The van der Waals surface area contributed by atoms with Crippen molar-refractivity contribution in [3.8, 4) is 0 Å². The van der Waals surface area contributed by atoms with Gasteiger partial charge in [-0.25, -0.2) is 10.8 Å². The van der Waals surface area contributed by atoms with Crippen molar-refractivity contribution in [1.29, 1.82) is 0 Å². The Bertz CT molecular complexity index is 538. The Morgan fingerprint density at radius 2 is 2.50 bits per heavy atom. The van der Waals surface area contributed by atoms with Crippen LogP contribution < -0.4 is 11.3 Å². The predicted molar refractivity (Wildman–Crippen MR) is 69.2 cm³/mol. The largest absolute Gasteiger partial charge is 0.377 e. The zero-order valence-corrected chi connectivity index (χ0v) is 10.5. The van der Waals surface area contributed by atoms with E-state index in [-0.39, 0.29) is 0 Å². The molecule has 8 heteroatoms. The van der Waals surface area contributed by atoms with Gasteiger partial charge in [-0.15, -0.1) is 11.8 Å². The minimum Gasteiger partial charge on any atom is -0.377 e. The molecule has 2 aromatic heterocycles. The van der Waals surface area contributed by atoms with Gasteiger partial charge in [0.25, 0.3) is 0 Å². The van der Waals surface area contributed by atoms with E-state index in [0.717, 1.165) is 35.6 Å². The minimum atomic E-state index is 0.321. The zero-order chi connectivity index (χ0) is 12.4. The molecule has 1 unspecified atom stereocenters. The number of nitrogens with two attached hydrogens (primary N) is 1. The lowest BCUT2D eigenvalue weighted by molar-refractivity contribution is 0.129. The molecule has 0 bridgehead atoms. The number of rotatable bonds is 4. The number of thioether (sulfide) groups is 1. The van der Waals surface area contributed by atoms with E-state index in [1.54, 1.807) is 18.0 Å². The number of nitrogen functional groups attached to an aromatic ring is 1. The van der Waals surface area contributed by atoms with Crippen LogP contribution in [0, 0.1) is 0 Å². The van der Waals surface area contributed by atoms with Crippen LogP contribution in [-0.4, -0.2) is 38.6 Å². The summed E-state index contributed by atoms with van der Waals surface area (Å²) in [5.74, 6) is 6.63. The molecule has 0 spiro atoms. The third-order valence-electron chi connectivity index (χ3n) is 2.83. The first-order valence-corrected chi connectivity index (χ1v) is 6.77. The standard InChI is InChI=1S/C10H14N6OS/c11-15-10-13-8-7(4-12-16-8)9(14-10)18-5-6-2-1-3-17-6/h4,6H,1-3,5,11H2,(H2,12,13,14,15,16). The van der Waals surface area contributed by atoms with Crippen molar-refractivity contribution in [2.45, 2.75) is 24.0 Å². The molecule has 1 aliphatic rings. The molecule has 4 N–H and O–H groups in total. The highest BCUT2D eigenvalue weighted by Gasteiger charge is 2.17. The average molecular weight is 266 g/mol. The molecule has 3 rings (SSSR count). The number of hydrazine groups is 1. The Labute approximate surface area is 108 Å². The van der Waals surface area contributed by atoms with Crippen molar-refractivity contribution >= 4 is 28.7 Å². The normalized spacial score (nSPS) is 19.5. The second-order valence-electron chi connectivity index (χ2n) is 4.08. The van der Waals surface area contributed by atoms with Gasteiger partial charge in [-0.1, -0.05) is 0 Å². The fraction of sp³-hybridized carbons (Fsp3) is 0.500. The molecule has 0 amide bonds. The van der Waals surface area contributed by atoms with Gasteiger partial charge in [0.15, 0.2) is 5.65 Å².